The maximum atomic E-state index is 11.7. The summed E-state index contributed by atoms with van der Waals surface area (Å²) in [4.78, 5) is 13.3. The molecule has 0 bridgehead atoms. The number of carbonyl (C=O) groups is 1. The molecule has 2 heterocycles. The molecule has 6 heteroatoms. The van der Waals surface area contributed by atoms with Crippen LogP contribution < -0.4 is 5.46 Å². The van der Waals surface area contributed by atoms with E-state index >= 15 is 0 Å². The summed E-state index contributed by atoms with van der Waals surface area (Å²) < 4.78 is 12.5. The third-order valence-electron chi connectivity index (χ3n) is 6.03. The Hall–Kier alpha value is -1.53. The summed E-state index contributed by atoms with van der Waals surface area (Å²) in [7, 11) is -0.411. The predicted octanol–water partition coefficient (Wildman–Crippen LogP) is 3.61. The lowest BCUT2D eigenvalue weighted by molar-refractivity contribution is 0.00578. The first-order valence-corrected chi connectivity index (χ1v) is 9.50. The molecule has 1 fully saturated rings. The molecule has 2 aliphatic rings. The smallest absolute Gasteiger partial charge is 0.465 e. The van der Waals surface area contributed by atoms with E-state index in [1.807, 2.05) is 6.07 Å². The molecule has 1 N–H and O–H groups in total. The third kappa shape index (κ3) is 3.25. The lowest BCUT2D eigenvalue weighted by Gasteiger charge is -2.37. The van der Waals surface area contributed by atoms with Crippen LogP contribution in [-0.4, -0.2) is 41.0 Å². The molecule has 1 amide bonds. The van der Waals surface area contributed by atoms with Crippen LogP contribution in [0.1, 0.15) is 65.1 Å². The van der Waals surface area contributed by atoms with Gasteiger partial charge in [0.1, 0.15) is 0 Å². The zero-order chi connectivity index (χ0) is 19.3. The largest absolute Gasteiger partial charge is 0.495 e. The van der Waals surface area contributed by atoms with Crippen molar-refractivity contribution in [3.8, 4) is 0 Å². The summed E-state index contributed by atoms with van der Waals surface area (Å²) in [5.74, 6) is 0.410. The molecule has 142 valence electrons. The molecular formula is C20H30BNO4. The lowest BCUT2D eigenvalue weighted by Crippen LogP contribution is -2.45. The van der Waals surface area contributed by atoms with Gasteiger partial charge in [0, 0.05) is 6.54 Å². The number of hydrogen-bond donors (Lipinski definition) is 1. The Labute approximate surface area is 156 Å². The third-order valence-corrected chi connectivity index (χ3v) is 6.03. The zero-order valence-electron chi connectivity index (χ0n) is 16.7. The topological polar surface area (TPSA) is 59.0 Å². The number of benzene rings is 1. The van der Waals surface area contributed by atoms with Crippen LogP contribution in [0.3, 0.4) is 0 Å². The van der Waals surface area contributed by atoms with E-state index in [-0.39, 0.29) is 17.2 Å². The summed E-state index contributed by atoms with van der Waals surface area (Å²) in [6.45, 7) is 13.0. The fourth-order valence-electron chi connectivity index (χ4n) is 3.90. The minimum absolute atomic E-state index is 0.112. The van der Waals surface area contributed by atoms with Gasteiger partial charge in [0.15, 0.2) is 0 Å². The Morgan fingerprint density at radius 2 is 1.88 bits per heavy atom. The molecule has 0 aliphatic carbocycles. The van der Waals surface area contributed by atoms with Gasteiger partial charge in [-0.05, 0) is 63.0 Å². The van der Waals surface area contributed by atoms with E-state index in [1.165, 1.54) is 5.56 Å². The van der Waals surface area contributed by atoms with Gasteiger partial charge in [-0.1, -0.05) is 32.0 Å². The van der Waals surface area contributed by atoms with Gasteiger partial charge in [-0.15, -0.1) is 0 Å². The Kier molecular flexibility index (Phi) is 4.86. The second-order valence-electron chi connectivity index (χ2n) is 8.87. The number of amides is 1. The van der Waals surface area contributed by atoms with Gasteiger partial charge in [-0.25, -0.2) is 4.79 Å². The minimum Gasteiger partial charge on any atom is -0.465 e. The van der Waals surface area contributed by atoms with Crippen molar-refractivity contribution < 1.29 is 19.2 Å². The first-order chi connectivity index (χ1) is 12.0. The summed E-state index contributed by atoms with van der Waals surface area (Å²) in [5.41, 5.74) is 2.55. The minimum atomic E-state index is -0.845. The number of hydrogen-bond acceptors (Lipinski definition) is 3. The Morgan fingerprint density at radius 1 is 1.27 bits per heavy atom. The van der Waals surface area contributed by atoms with Gasteiger partial charge in [0.25, 0.3) is 0 Å². The SMILES string of the molecule is CC(C)CC1c2cccc(B3OC(C)(C)C(C)(C)O3)c2CCN1C(=O)O. The number of carboxylic acid groups (broad SMARTS) is 1. The molecule has 0 aromatic heterocycles. The van der Waals surface area contributed by atoms with Crippen LogP contribution in [0.4, 0.5) is 4.79 Å². The summed E-state index contributed by atoms with van der Waals surface area (Å²) >= 11 is 0. The highest BCUT2D eigenvalue weighted by atomic mass is 16.7. The van der Waals surface area contributed by atoms with E-state index in [0.717, 1.165) is 17.4 Å². The maximum Gasteiger partial charge on any atom is 0.495 e. The normalized spacial score (nSPS) is 24.0. The highest BCUT2D eigenvalue weighted by Crippen LogP contribution is 2.38. The van der Waals surface area contributed by atoms with Crippen LogP contribution in [0.2, 0.25) is 0 Å². The standard InChI is InChI=1S/C20H30BNO4/c1-13(2)12-17-15-8-7-9-16(14(15)10-11-22(17)18(23)24)21-25-19(3,4)20(5,6)26-21/h7-9,13,17H,10-12H2,1-6H3,(H,23,24). The number of fused-ring (bicyclic) bond motifs is 1. The Bertz CT molecular complexity index is 685. The molecule has 1 unspecified atom stereocenters. The molecule has 2 aliphatic heterocycles. The van der Waals surface area contributed by atoms with Crippen molar-refractivity contribution in [1.82, 2.24) is 4.90 Å². The quantitative estimate of drug-likeness (QED) is 0.838. The van der Waals surface area contributed by atoms with Gasteiger partial charge in [0.2, 0.25) is 0 Å². The Balaban J connectivity index is 2.00. The maximum absolute atomic E-state index is 11.7. The molecule has 0 spiro atoms. The summed E-state index contributed by atoms with van der Waals surface area (Å²) in [6.07, 6.45) is 0.658. The van der Waals surface area contributed by atoms with Gasteiger partial charge in [-0.2, -0.15) is 0 Å². The van der Waals surface area contributed by atoms with Gasteiger partial charge in [0.05, 0.1) is 17.2 Å². The molecule has 3 rings (SSSR count). The molecule has 0 saturated carbocycles. The summed E-state index contributed by atoms with van der Waals surface area (Å²) in [6, 6.07) is 6.01. The fourth-order valence-corrected chi connectivity index (χ4v) is 3.90. The monoisotopic (exact) mass is 359 g/mol. The van der Waals surface area contributed by atoms with E-state index in [0.29, 0.717) is 18.9 Å². The van der Waals surface area contributed by atoms with Crippen molar-refractivity contribution in [1.29, 1.82) is 0 Å². The number of nitrogens with zero attached hydrogens (tertiary/aromatic N) is 1. The van der Waals surface area contributed by atoms with Crippen molar-refractivity contribution in [3.05, 3.63) is 29.3 Å². The highest BCUT2D eigenvalue weighted by Gasteiger charge is 2.52. The fraction of sp³-hybridized carbons (Fsp3) is 0.650. The molecule has 1 saturated heterocycles. The van der Waals surface area contributed by atoms with E-state index in [1.54, 1.807) is 4.90 Å². The summed E-state index contributed by atoms with van der Waals surface area (Å²) in [5, 5.41) is 9.64. The second kappa shape index (κ2) is 6.57. The van der Waals surface area contributed by atoms with Gasteiger partial charge < -0.3 is 19.3 Å². The van der Waals surface area contributed by atoms with Crippen LogP contribution in [0, 0.1) is 5.92 Å². The molecule has 1 aromatic carbocycles. The van der Waals surface area contributed by atoms with E-state index < -0.39 is 13.2 Å². The van der Waals surface area contributed by atoms with E-state index in [2.05, 4.69) is 53.7 Å². The molecule has 1 atom stereocenters. The second-order valence-corrected chi connectivity index (χ2v) is 8.87. The van der Waals surface area contributed by atoms with Crippen molar-refractivity contribution in [2.24, 2.45) is 5.92 Å². The Morgan fingerprint density at radius 3 is 2.42 bits per heavy atom. The first kappa shape index (κ1) is 19.2. The first-order valence-electron chi connectivity index (χ1n) is 9.50. The molecule has 5 nitrogen and oxygen atoms in total. The average Bonchev–Trinajstić information content (AvgIpc) is 2.74. The molecule has 26 heavy (non-hydrogen) atoms. The van der Waals surface area contributed by atoms with Crippen molar-refractivity contribution in [2.75, 3.05) is 6.54 Å². The van der Waals surface area contributed by atoms with Crippen LogP contribution >= 0.6 is 0 Å². The van der Waals surface area contributed by atoms with Crippen LogP contribution in [0.25, 0.3) is 0 Å². The molecule has 0 radical (unpaired) electrons. The molecular weight excluding hydrogens is 329 g/mol. The number of rotatable bonds is 3. The average molecular weight is 359 g/mol. The van der Waals surface area contributed by atoms with Gasteiger partial charge >= 0.3 is 13.2 Å². The van der Waals surface area contributed by atoms with Crippen molar-refractivity contribution in [2.45, 2.75) is 71.6 Å². The van der Waals surface area contributed by atoms with Crippen LogP contribution in [0.15, 0.2) is 18.2 Å². The molecule has 1 aromatic rings. The van der Waals surface area contributed by atoms with E-state index in [4.69, 9.17) is 9.31 Å². The predicted molar refractivity (Wildman–Crippen MR) is 103 cm³/mol. The van der Waals surface area contributed by atoms with Crippen LogP contribution in [-0.2, 0) is 15.7 Å². The zero-order valence-corrected chi connectivity index (χ0v) is 16.7. The van der Waals surface area contributed by atoms with Crippen molar-refractivity contribution in [3.63, 3.8) is 0 Å². The van der Waals surface area contributed by atoms with Crippen LogP contribution in [0.5, 0.6) is 0 Å². The highest BCUT2D eigenvalue weighted by molar-refractivity contribution is 6.62. The lowest BCUT2D eigenvalue weighted by atomic mass is 9.71. The van der Waals surface area contributed by atoms with Crippen molar-refractivity contribution >= 4 is 18.7 Å². The van der Waals surface area contributed by atoms with Gasteiger partial charge in [-0.3, -0.25) is 0 Å². The van der Waals surface area contributed by atoms with E-state index in [9.17, 15) is 9.90 Å².